The van der Waals surface area contributed by atoms with Crippen molar-refractivity contribution in [1.82, 2.24) is 10.2 Å². The van der Waals surface area contributed by atoms with Gasteiger partial charge in [0.1, 0.15) is 11.8 Å². The predicted molar refractivity (Wildman–Crippen MR) is 172 cm³/mol. The third-order valence-electron chi connectivity index (χ3n) is 8.07. The molecule has 3 heterocycles. The number of aromatic hydroxyl groups is 1. The number of carboxylic acids is 2. The molecule has 11 heteroatoms. The lowest BCUT2D eigenvalue weighted by Gasteiger charge is -2.17. The largest absolute Gasteiger partial charge is 0.508 e. The molecule has 3 aromatic carbocycles. The monoisotopic (exact) mass is 629 g/mol. The molecule has 1 aromatic heterocycles. The zero-order valence-electron chi connectivity index (χ0n) is 24.8. The summed E-state index contributed by atoms with van der Waals surface area (Å²) in [6.07, 6.45) is 4.31. The molecule has 0 bridgehead atoms. The topological polar surface area (TPSA) is 156 Å². The van der Waals surface area contributed by atoms with E-state index in [-0.39, 0.29) is 17.6 Å². The van der Waals surface area contributed by atoms with E-state index in [1.807, 2.05) is 36.4 Å². The molecule has 4 aromatic rings. The highest BCUT2D eigenvalue weighted by atomic mass is 32.1. The van der Waals surface area contributed by atoms with Crippen LogP contribution in [0.1, 0.15) is 47.9 Å². The second kappa shape index (κ2) is 13.9. The highest BCUT2D eigenvalue weighted by Crippen LogP contribution is 2.41. The summed E-state index contributed by atoms with van der Waals surface area (Å²) in [5.41, 5.74) is 7.02. The van der Waals surface area contributed by atoms with Gasteiger partial charge >= 0.3 is 11.9 Å². The molecule has 0 unspecified atom stereocenters. The van der Waals surface area contributed by atoms with Crippen LogP contribution < -0.4 is 10.6 Å². The summed E-state index contributed by atoms with van der Waals surface area (Å²) < 4.78 is 1.05. The molecule has 45 heavy (non-hydrogen) atoms. The number of rotatable bonds is 7. The van der Waals surface area contributed by atoms with Crippen LogP contribution in [0.4, 0.5) is 5.69 Å². The fraction of sp³-hybridized carbons (Fsp3) is 0.294. The molecular weight excluding hydrogens is 594 g/mol. The number of aliphatic carboxylic acids is 2. The number of phenols is 1. The van der Waals surface area contributed by atoms with E-state index >= 15 is 0 Å². The van der Waals surface area contributed by atoms with Crippen molar-refractivity contribution in [2.24, 2.45) is 0 Å². The first-order valence-corrected chi connectivity index (χ1v) is 15.6. The third kappa shape index (κ3) is 7.86. The van der Waals surface area contributed by atoms with Crippen LogP contribution in [0, 0.1) is 6.92 Å². The molecule has 0 aliphatic carbocycles. The number of carbonyl (C=O) groups excluding carboxylic acids is 2. The van der Waals surface area contributed by atoms with E-state index in [2.05, 4.69) is 40.7 Å². The minimum absolute atomic E-state index is 0.0785. The van der Waals surface area contributed by atoms with Crippen LogP contribution in [0.5, 0.6) is 5.75 Å². The number of likely N-dealkylation sites (tertiary alicyclic amines) is 1. The van der Waals surface area contributed by atoms with Gasteiger partial charge in [-0.25, -0.2) is 9.59 Å². The smallest absolute Gasteiger partial charge is 0.414 e. The number of benzene rings is 3. The molecule has 0 spiro atoms. The number of carboxylic acid groups (broad SMARTS) is 2. The molecule has 2 saturated heterocycles. The van der Waals surface area contributed by atoms with Crippen LogP contribution in [-0.4, -0.2) is 63.1 Å². The lowest BCUT2D eigenvalue weighted by molar-refractivity contribution is -0.159. The van der Waals surface area contributed by atoms with Gasteiger partial charge in [0.2, 0.25) is 11.8 Å². The summed E-state index contributed by atoms with van der Waals surface area (Å²) in [7, 11) is 0. The first-order valence-electron chi connectivity index (χ1n) is 14.8. The molecule has 1 atom stereocenters. The van der Waals surface area contributed by atoms with Crippen molar-refractivity contribution in [3.63, 3.8) is 0 Å². The average Bonchev–Trinajstić information content (AvgIpc) is 3.76. The van der Waals surface area contributed by atoms with Gasteiger partial charge in [-0.2, -0.15) is 0 Å². The molecule has 2 amide bonds. The average molecular weight is 630 g/mol. The number of fused-ring (bicyclic) bond motifs is 1. The summed E-state index contributed by atoms with van der Waals surface area (Å²) >= 11 is 1.68. The zero-order valence-corrected chi connectivity index (χ0v) is 25.7. The van der Waals surface area contributed by atoms with Crippen molar-refractivity contribution in [1.29, 1.82) is 0 Å². The van der Waals surface area contributed by atoms with Gasteiger partial charge in [0.05, 0.1) is 0 Å². The molecule has 5 N–H and O–H groups in total. The van der Waals surface area contributed by atoms with Crippen LogP contribution in [0.25, 0.3) is 20.5 Å². The number of carbonyl (C=O) groups is 4. The van der Waals surface area contributed by atoms with Gasteiger partial charge in [-0.05, 0) is 109 Å². The molecule has 10 nitrogen and oxygen atoms in total. The number of phenolic OH excluding ortho intramolecular Hbond substituents is 1. The van der Waals surface area contributed by atoms with Gasteiger partial charge in [-0.1, -0.05) is 30.3 Å². The number of nitrogens with zero attached hydrogens (tertiary/aromatic N) is 1. The molecule has 0 radical (unpaired) electrons. The summed E-state index contributed by atoms with van der Waals surface area (Å²) in [5.74, 6) is -3.65. The number of hydrogen-bond donors (Lipinski definition) is 5. The van der Waals surface area contributed by atoms with Gasteiger partial charge < -0.3 is 26.0 Å². The lowest BCUT2D eigenvalue weighted by atomic mass is 9.96. The minimum Gasteiger partial charge on any atom is -0.508 e. The molecule has 2 aliphatic rings. The maximum atomic E-state index is 12.5. The molecule has 2 fully saturated rings. The van der Waals surface area contributed by atoms with E-state index in [1.165, 1.54) is 48.2 Å². The highest BCUT2D eigenvalue weighted by Gasteiger charge is 2.27. The van der Waals surface area contributed by atoms with Crippen molar-refractivity contribution in [2.45, 2.75) is 51.6 Å². The third-order valence-corrected chi connectivity index (χ3v) is 9.31. The Labute approximate surface area is 264 Å². The summed E-state index contributed by atoms with van der Waals surface area (Å²) in [6.45, 7) is 5.62. The van der Waals surface area contributed by atoms with Crippen LogP contribution in [0.2, 0.25) is 0 Å². The van der Waals surface area contributed by atoms with Crippen LogP contribution >= 0.6 is 11.3 Å². The van der Waals surface area contributed by atoms with Gasteiger partial charge in [0.25, 0.3) is 0 Å². The number of nitrogens with one attached hydrogen (secondary N) is 2. The summed E-state index contributed by atoms with van der Waals surface area (Å²) in [4.78, 5) is 45.9. The van der Waals surface area contributed by atoms with Crippen molar-refractivity contribution in [2.75, 3.05) is 18.4 Å². The first kappa shape index (κ1) is 31.7. The van der Waals surface area contributed by atoms with E-state index < -0.39 is 18.0 Å². The second-order valence-electron chi connectivity index (χ2n) is 11.3. The zero-order chi connectivity index (χ0) is 32.1. The Bertz CT molecular complexity index is 1730. The van der Waals surface area contributed by atoms with Gasteiger partial charge in [0.15, 0.2) is 0 Å². The fourth-order valence-corrected chi connectivity index (χ4v) is 6.98. The van der Waals surface area contributed by atoms with Gasteiger partial charge in [0, 0.05) is 28.2 Å². The summed E-state index contributed by atoms with van der Waals surface area (Å²) in [6, 6.07) is 19.9. The van der Waals surface area contributed by atoms with Crippen LogP contribution in [-0.2, 0) is 32.1 Å². The molecule has 234 valence electrons. The number of amides is 2. The Kier molecular flexibility index (Phi) is 9.80. The van der Waals surface area contributed by atoms with Gasteiger partial charge in [-0.15, -0.1) is 11.3 Å². The number of thiophene rings is 1. The maximum absolute atomic E-state index is 12.5. The predicted octanol–water partition coefficient (Wildman–Crippen LogP) is 5.14. The lowest BCUT2D eigenvalue weighted by Crippen LogP contribution is -2.37. The quantitative estimate of drug-likeness (QED) is 0.176. The Balaban J connectivity index is 0.000000609. The van der Waals surface area contributed by atoms with Crippen molar-refractivity contribution < 1.29 is 34.5 Å². The fourth-order valence-electron chi connectivity index (χ4n) is 5.72. The van der Waals surface area contributed by atoms with E-state index in [1.54, 1.807) is 17.4 Å². The molecule has 0 saturated carbocycles. The van der Waals surface area contributed by atoms with Gasteiger partial charge in [-0.3, -0.25) is 14.5 Å². The normalized spacial score (nSPS) is 16.2. The van der Waals surface area contributed by atoms with E-state index in [4.69, 9.17) is 19.8 Å². The van der Waals surface area contributed by atoms with E-state index in [0.717, 1.165) is 33.5 Å². The molecule has 2 aliphatic heterocycles. The molecule has 6 rings (SSSR count). The first-order chi connectivity index (χ1) is 21.6. The Hall–Kier alpha value is -4.74. The minimum atomic E-state index is -1.82. The van der Waals surface area contributed by atoms with Crippen molar-refractivity contribution >= 4 is 50.9 Å². The van der Waals surface area contributed by atoms with Crippen molar-refractivity contribution in [3.05, 3.63) is 82.9 Å². The second-order valence-corrected chi connectivity index (χ2v) is 12.4. The van der Waals surface area contributed by atoms with E-state index in [9.17, 15) is 14.7 Å². The number of hydrogen-bond acceptors (Lipinski definition) is 7. The van der Waals surface area contributed by atoms with E-state index in [0.29, 0.717) is 18.5 Å². The number of anilines is 1. The van der Waals surface area contributed by atoms with Crippen molar-refractivity contribution in [3.8, 4) is 16.2 Å². The standard InChI is InChI=1S/C32H33N3O3S.C2H2O4/c1-20-16-21(4-5-23(20)19-35-14-2-3-15-35)17-27-26-11-10-25(36)18-29(26)39-31(27)22-6-8-24(9-7-22)33-32(38)28-12-13-30(37)34-28;3-1(4)2(5)6/h4-11,16,18,28,36H,2-3,12-15,17,19H2,1H3,(H,33,38)(H,34,37);(H,3,4)(H,5,6)/t28-;/m1./s1. The van der Waals surface area contributed by atoms with Crippen LogP contribution in [0.15, 0.2) is 60.7 Å². The number of aryl methyl sites for hydroxylation is 1. The Morgan fingerprint density at radius 3 is 2.31 bits per heavy atom. The summed E-state index contributed by atoms with van der Waals surface area (Å²) in [5, 5.41) is 31.7. The maximum Gasteiger partial charge on any atom is 0.414 e. The highest BCUT2D eigenvalue weighted by molar-refractivity contribution is 7.22. The Morgan fingerprint density at radius 2 is 1.69 bits per heavy atom. The Morgan fingerprint density at radius 1 is 0.978 bits per heavy atom. The van der Waals surface area contributed by atoms with Crippen LogP contribution in [0.3, 0.4) is 0 Å². The molecular formula is C34H35N3O7S. The SMILES string of the molecule is Cc1cc(Cc2c(-c3ccc(NC(=O)[C@H]4CCC(=O)N4)cc3)sc3cc(O)ccc23)ccc1CN1CCCC1.O=C(O)C(=O)O.